The topological polar surface area (TPSA) is 112 Å². The summed E-state index contributed by atoms with van der Waals surface area (Å²) in [5.41, 5.74) is 3.59. The SMILES string of the molecule is C=S(C)(=O)Nc1cc(C)c2c(Nc3ccc(F)cc3OC3CCC(C(C)C(=O)OCc4ccccc4)CC3OC)ncnc2c1. The number of aromatic nitrogens is 2. The summed E-state index contributed by atoms with van der Waals surface area (Å²) in [6.07, 6.45) is 4.24. The first kappa shape index (κ1) is 32.2. The van der Waals surface area contributed by atoms with Crippen molar-refractivity contribution in [2.75, 3.05) is 23.4 Å². The molecule has 1 aliphatic carbocycles. The molecule has 1 heterocycles. The Balaban J connectivity index is 1.30. The highest BCUT2D eigenvalue weighted by atomic mass is 32.2. The second-order valence-corrected chi connectivity index (χ2v) is 13.9. The standard InChI is InChI=1S/C34H39FN4O5S/c1-21-15-26(39-45(4,5)41)18-28-32(21)33(37-20-36-28)38-27-13-12-25(35)17-30(27)44-29-14-11-24(16-31(29)42-3)22(2)34(40)43-19-23-9-7-6-8-10-23/h6-10,12-13,15,17-18,20,22,24,29,31H,4,11,14,16,19H2,1-3,5H3,(H,39,41)(H,36,37,38). The molecule has 0 aliphatic heterocycles. The number of nitrogens with zero attached hydrogens (tertiary/aromatic N) is 2. The Labute approximate surface area is 263 Å². The summed E-state index contributed by atoms with van der Waals surface area (Å²) in [5, 5.41) is 4.07. The summed E-state index contributed by atoms with van der Waals surface area (Å²) in [4.78, 5) is 21.7. The van der Waals surface area contributed by atoms with Gasteiger partial charge in [0.2, 0.25) is 0 Å². The van der Waals surface area contributed by atoms with Crippen molar-refractivity contribution in [1.82, 2.24) is 9.97 Å². The number of carbonyl (C=O) groups excluding carboxylic acids is 1. The highest BCUT2D eigenvalue weighted by Crippen LogP contribution is 2.38. The van der Waals surface area contributed by atoms with Crippen LogP contribution in [0, 0.1) is 24.6 Å². The normalized spacial score (nSPS) is 20.2. The lowest BCUT2D eigenvalue weighted by molar-refractivity contribution is -0.153. The number of rotatable bonds is 11. The van der Waals surface area contributed by atoms with Crippen LogP contribution in [0.4, 0.5) is 21.6 Å². The number of benzene rings is 3. The maximum atomic E-state index is 14.5. The van der Waals surface area contributed by atoms with Crippen LogP contribution in [-0.2, 0) is 30.6 Å². The number of methoxy groups -OCH3 is 1. The van der Waals surface area contributed by atoms with Gasteiger partial charge in [0.05, 0.1) is 23.2 Å². The fraction of sp³-hybridized carbons (Fsp3) is 0.353. The summed E-state index contributed by atoms with van der Waals surface area (Å²) >= 11 is 0. The summed E-state index contributed by atoms with van der Waals surface area (Å²) in [6, 6.07) is 17.5. The number of nitrogens with one attached hydrogen (secondary N) is 2. The Morgan fingerprint density at radius 3 is 2.62 bits per heavy atom. The third-order valence-corrected chi connectivity index (χ3v) is 8.79. The van der Waals surface area contributed by atoms with Crippen molar-refractivity contribution in [1.29, 1.82) is 0 Å². The van der Waals surface area contributed by atoms with Crippen LogP contribution >= 0.6 is 0 Å². The molecule has 9 nitrogen and oxygen atoms in total. The summed E-state index contributed by atoms with van der Waals surface area (Å²) < 4.78 is 47.5. The van der Waals surface area contributed by atoms with Crippen molar-refractivity contribution in [3.63, 3.8) is 0 Å². The molecule has 1 aromatic heterocycles. The van der Waals surface area contributed by atoms with E-state index in [1.54, 1.807) is 19.2 Å². The van der Waals surface area contributed by atoms with E-state index in [-0.39, 0.29) is 36.6 Å². The average molecular weight is 635 g/mol. The Hall–Kier alpha value is -4.22. The van der Waals surface area contributed by atoms with Crippen molar-refractivity contribution < 1.29 is 27.6 Å². The van der Waals surface area contributed by atoms with Crippen LogP contribution in [0.1, 0.15) is 37.3 Å². The van der Waals surface area contributed by atoms with Gasteiger partial charge >= 0.3 is 5.97 Å². The maximum Gasteiger partial charge on any atom is 0.309 e. The van der Waals surface area contributed by atoms with Gasteiger partial charge in [-0.1, -0.05) is 37.3 Å². The first-order valence-corrected chi connectivity index (χ1v) is 17.0. The molecule has 4 aromatic rings. The number of aryl methyl sites for hydroxylation is 1. The minimum Gasteiger partial charge on any atom is -0.485 e. The first-order chi connectivity index (χ1) is 21.5. The van der Waals surface area contributed by atoms with Crippen LogP contribution in [0.25, 0.3) is 10.9 Å². The third-order valence-electron chi connectivity index (χ3n) is 8.12. The highest BCUT2D eigenvalue weighted by molar-refractivity contribution is 8.00. The molecule has 11 heteroatoms. The third kappa shape index (κ3) is 8.09. The van der Waals surface area contributed by atoms with Gasteiger partial charge in [0.15, 0.2) is 0 Å². The van der Waals surface area contributed by atoms with E-state index in [1.165, 1.54) is 24.7 Å². The van der Waals surface area contributed by atoms with Crippen molar-refractivity contribution >= 4 is 49.6 Å². The Morgan fingerprint density at radius 2 is 1.89 bits per heavy atom. The van der Waals surface area contributed by atoms with E-state index in [9.17, 15) is 13.4 Å². The molecule has 2 N–H and O–H groups in total. The summed E-state index contributed by atoms with van der Waals surface area (Å²) in [7, 11) is -0.850. The van der Waals surface area contributed by atoms with Crippen molar-refractivity contribution in [2.45, 2.75) is 51.9 Å². The molecule has 238 valence electrons. The molecule has 0 bridgehead atoms. The fourth-order valence-corrected chi connectivity index (χ4v) is 6.42. The molecule has 0 spiro atoms. The minimum atomic E-state index is -2.47. The molecule has 0 saturated heterocycles. The number of carbonyl (C=O) groups is 1. The smallest absolute Gasteiger partial charge is 0.309 e. The van der Waals surface area contributed by atoms with E-state index in [4.69, 9.17) is 14.2 Å². The second kappa shape index (κ2) is 13.8. The zero-order valence-corrected chi connectivity index (χ0v) is 26.7. The molecule has 1 aliphatic rings. The first-order valence-electron chi connectivity index (χ1n) is 14.8. The molecule has 3 aromatic carbocycles. The molecule has 1 saturated carbocycles. The van der Waals surface area contributed by atoms with Gasteiger partial charge < -0.3 is 24.2 Å². The van der Waals surface area contributed by atoms with Gasteiger partial charge in [-0.05, 0) is 73.4 Å². The number of hydrogen-bond acceptors (Lipinski definition) is 8. The van der Waals surface area contributed by atoms with Crippen LogP contribution < -0.4 is 14.8 Å². The van der Waals surface area contributed by atoms with Crippen molar-refractivity contribution in [3.05, 3.63) is 83.9 Å². The zero-order chi connectivity index (χ0) is 32.1. The quantitative estimate of drug-likeness (QED) is 0.143. The lowest BCUT2D eigenvalue weighted by Crippen LogP contribution is -2.42. The van der Waals surface area contributed by atoms with E-state index in [1.807, 2.05) is 50.2 Å². The van der Waals surface area contributed by atoms with Gasteiger partial charge in [0.1, 0.15) is 36.4 Å². The van der Waals surface area contributed by atoms with E-state index in [2.05, 4.69) is 25.9 Å². The van der Waals surface area contributed by atoms with Crippen molar-refractivity contribution in [3.8, 4) is 5.75 Å². The highest BCUT2D eigenvalue weighted by Gasteiger charge is 2.37. The number of fused-ring (bicyclic) bond motifs is 1. The predicted molar refractivity (Wildman–Crippen MR) is 177 cm³/mol. The maximum absolute atomic E-state index is 14.5. The van der Waals surface area contributed by atoms with E-state index >= 15 is 0 Å². The van der Waals surface area contributed by atoms with Crippen LogP contribution in [-0.4, -0.2) is 51.6 Å². The van der Waals surface area contributed by atoms with Gasteiger partial charge in [-0.3, -0.25) is 4.79 Å². The number of anilines is 3. The number of hydrogen-bond donors (Lipinski definition) is 2. The largest absolute Gasteiger partial charge is 0.485 e. The molecular weight excluding hydrogens is 595 g/mol. The van der Waals surface area contributed by atoms with E-state index < -0.39 is 15.5 Å². The molecular formula is C34H39FN4O5S. The lowest BCUT2D eigenvalue weighted by Gasteiger charge is -2.37. The molecule has 5 rings (SSSR count). The Kier molecular flexibility index (Phi) is 9.89. The average Bonchev–Trinajstić information content (AvgIpc) is 3.00. The second-order valence-electron chi connectivity index (χ2n) is 11.7. The van der Waals surface area contributed by atoms with Crippen LogP contribution in [0.2, 0.25) is 0 Å². The van der Waals surface area contributed by atoms with Crippen molar-refractivity contribution in [2.24, 2.45) is 11.8 Å². The number of ether oxygens (including phenoxy) is 3. The molecule has 0 radical (unpaired) electrons. The summed E-state index contributed by atoms with van der Waals surface area (Å²) in [6.45, 7) is 4.04. The van der Waals surface area contributed by atoms with Crippen LogP contribution in [0.3, 0.4) is 0 Å². The molecule has 45 heavy (non-hydrogen) atoms. The molecule has 5 unspecified atom stereocenters. The van der Waals surface area contributed by atoms with Gasteiger partial charge in [0.25, 0.3) is 0 Å². The van der Waals surface area contributed by atoms with Gasteiger partial charge in [0, 0.05) is 40.2 Å². The van der Waals surface area contributed by atoms with Crippen LogP contribution in [0.15, 0.2) is 67.0 Å². The summed E-state index contributed by atoms with van der Waals surface area (Å²) in [5.74, 6) is 3.57. The number of halogens is 1. The van der Waals surface area contributed by atoms with Crippen LogP contribution in [0.5, 0.6) is 5.75 Å². The Bertz CT molecular complexity index is 1770. The fourth-order valence-electron chi connectivity index (χ4n) is 5.80. The Morgan fingerprint density at radius 1 is 1.11 bits per heavy atom. The minimum absolute atomic E-state index is 0.0579. The van der Waals surface area contributed by atoms with Gasteiger partial charge in [-0.25, -0.2) is 18.6 Å². The molecule has 1 fully saturated rings. The number of esters is 1. The monoisotopic (exact) mass is 634 g/mol. The predicted octanol–water partition coefficient (Wildman–Crippen LogP) is 6.44. The van der Waals surface area contributed by atoms with Gasteiger partial charge in [-0.15, -0.1) is 0 Å². The van der Waals surface area contributed by atoms with E-state index in [0.717, 1.165) is 22.9 Å². The zero-order valence-electron chi connectivity index (χ0n) is 25.9. The van der Waals surface area contributed by atoms with Gasteiger partial charge in [-0.2, -0.15) is 0 Å². The lowest BCUT2D eigenvalue weighted by atomic mass is 9.78. The molecule has 5 atom stereocenters. The van der Waals surface area contributed by atoms with E-state index in [0.29, 0.717) is 41.3 Å². The molecule has 0 amide bonds.